The first-order valence-corrected chi connectivity index (χ1v) is 7.07. The predicted octanol–water partition coefficient (Wildman–Crippen LogP) is 3.02. The van der Waals surface area contributed by atoms with Crippen LogP contribution in [-0.2, 0) is 6.42 Å². The fourth-order valence-electron chi connectivity index (χ4n) is 2.28. The first-order chi connectivity index (χ1) is 8.51. The molecule has 2 nitrogen and oxygen atoms in total. The highest BCUT2D eigenvalue weighted by Crippen LogP contribution is 2.27. The minimum absolute atomic E-state index is 0.913. The number of thiol groups is 1. The maximum atomic E-state index is 5.41. The van der Waals surface area contributed by atoms with E-state index in [4.69, 9.17) is 4.74 Å². The van der Waals surface area contributed by atoms with Crippen LogP contribution >= 0.6 is 12.6 Å². The number of likely N-dealkylation sites (N-methyl/N-ethyl adjacent to an activating group) is 1. The molecule has 0 unspecified atom stereocenters. The summed E-state index contributed by atoms with van der Waals surface area (Å²) >= 11 is 4.26. The van der Waals surface area contributed by atoms with E-state index in [-0.39, 0.29) is 0 Å². The lowest BCUT2D eigenvalue weighted by Crippen LogP contribution is -2.23. The van der Waals surface area contributed by atoms with E-state index in [1.807, 2.05) is 0 Å². The van der Waals surface area contributed by atoms with Crippen LogP contribution in [0, 0.1) is 20.8 Å². The molecule has 0 saturated carbocycles. The average molecular weight is 267 g/mol. The van der Waals surface area contributed by atoms with Gasteiger partial charge in [-0.05, 0) is 62.6 Å². The highest BCUT2D eigenvalue weighted by Gasteiger charge is 2.11. The van der Waals surface area contributed by atoms with Gasteiger partial charge in [-0.1, -0.05) is 0 Å². The Kier molecular flexibility index (Phi) is 6.03. The Labute approximate surface area is 117 Å². The zero-order valence-electron chi connectivity index (χ0n) is 12.2. The Morgan fingerprint density at radius 3 is 2.39 bits per heavy atom. The summed E-state index contributed by atoms with van der Waals surface area (Å²) in [5.74, 6) is 1.91. The fourth-order valence-corrected chi connectivity index (χ4v) is 2.62. The van der Waals surface area contributed by atoms with E-state index >= 15 is 0 Å². The lowest BCUT2D eigenvalue weighted by atomic mass is 9.95. The van der Waals surface area contributed by atoms with Gasteiger partial charge in [0.05, 0.1) is 7.11 Å². The molecule has 1 aromatic carbocycles. The quantitative estimate of drug-likeness (QED) is 0.795. The third-order valence-electron chi connectivity index (χ3n) is 3.65. The van der Waals surface area contributed by atoms with Crippen LogP contribution in [-0.4, -0.2) is 37.9 Å². The number of rotatable bonds is 6. The van der Waals surface area contributed by atoms with Gasteiger partial charge in [-0.3, -0.25) is 0 Å². The third kappa shape index (κ3) is 3.66. The van der Waals surface area contributed by atoms with Gasteiger partial charge < -0.3 is 9.64 Å². The lowest BCUT2D eigenvalue weighted by Gasteiger charge is -2.19. The summed E-state index contributed by atoms with van der Waals surface area (Å²) in [5, 5.41) is 0. The Hall–Kier alpha value is -0.670. The molecule has 0 N–H and O–H groups in total. The van der Waals surface area contributed by atoms with Crippen molar-refractivity contribution in [3.8, 4) is 5.75 Å². The number of hydrogen-bond acceptors (Lipinski definition) is 3. The number of methoxy groups -OCH3 is 1. The topological polar surface area (TPSA) is 12.5 Å². The summed E-state index contributed by atoms with van der Waals surface area (Å²) < 4.78 is 5.41. The molecule has 18 heavy (non-hydrogen) atoms. The number of benzene rings is 1. The Balaban J connectivity index is 2.86. The van der Waals surface area contributed by atoms with Crippen LogP contribution in [0.15, 0.2) is 6.07 Å². The average Bonchev–Trinajstić information content (AvgIpc) is 2.34. The van der Waals surface area contributed by atoms with Crippen LogP contribution in [0.5, 0.6) is 5.75 Å². The monoisotopic (exact) mass is 267 g/mol. The summed E-state index contributed by atoms with van der Waals surface area (Å²) in [4.78, 5) is 2.32. The maximum Gasteiger partial charge on any atom is 0.122 e. The van der Waals surface area contributed by atoms with Crippen molar-refractivity contribution in [3.05, 3.63) is 28.3 Å². The predicted molar refractivity (Wildman–Crippen MR) is 82.3 cm³/mol. The normalized spacial score (nSPS) is 11.1. The standard InChI is InChI=1S/C15H25NOS/c1-11-10-15(17-5)13(3)12(2)14(11)6-7-16(4)8-9-18/h10,18H,6-9H2,1-5H3. The van der Waals surface area contributed by atoms with E-state index in [1.165, 1.54) is 22.3 Å². The molecule has 0 aliphatic carbocycles. The minimum Gasteiger partial charge on any atom is -0.496 e. The van der Waals surface area contributed by atoms with Gasteiger partial charge in [0.1, 0.15) is 5.75 Å². The zero-order valence-corrected chi connectivity index (χ0v) is 13.1. The molecule has 0 spiro atoms. The van der Waals surface area contributed by atoms with Crippen molar-refractivity contribution in [1.29, 1.82) is 0 Å². The second-order valence-electron chi connectivity index (χ2n) is 4.90. The first-order valence-electron chi connectivity index (χ1n) is 6.44. The van der Waals surface area contributed by atoms with Gasteiger partial charge in [0, 0.05) is 18.8 Å². The Bertz CT molecular complexity index is 404. The summed E-state index contributed by atoms with van der Waals surface area (Å²) in [6.45, 7) is 8.61. The molecular formula is C15H25NOS. The zero-order chi connectivity index (χ0) is 13.7. The molecule has 0 radical (unpaired) electrons. The molecule has 0 aliphatic rings. The number of ether oxygens (including phenoxy) is 1. The lowest BCUT2D eigenvalue weighted by molar-refractivity contribution is 0.360. The summed E-state index contributed by atoms with van der Waals surface area (Å²) in [5.41, 5.74) is 5.41. The molecule has 0 aliphatic heterocycles. The van der Waals surface area contributed by atoms with E-state index in [0.717, 1.165) is 31.0 Å². The van der Waals surface area contributed by atoms with Crippen molar-refractivity contribution in [2.45, 2.75) is 27.2 Å². The van der Waals surface area contributed by atoms with Crippen LogP contribution in [0.1, 0.15) is 22.3 Å². The molecule has 102 valence electrons. The molecule has 0 saturated heterocycles. The van der Waals surface area contributed by atoms with Gasteiger partial charge in [0.25, 0.3) is 0 Å². The van der Waals surface area contributed by atoms with E-state index < -0.39 is 0 Å². The van der Waals surface area contributed by atoms with Gasteiger partial charge in [-0.15, -0.1) is 0 Å². The van der Waals surface area contributed by atoms with E-state index in [1.54, 1.807) is 7.11 Å². The van der Waals surface area contributed by atoms with Crippen LogP contribution in [0.2, 0.25) is 0 Å². The number of nitrogens with zero attached hydrogens (tertiary/aromatic N) is 1. The van der Waals surface area contributed by atoms with Crippen molar-refractivity contribution in [2.24, 2.45) is 0 Å². The van der Waals surface area contributed by atoms with Crippen LogP contribution in [0.25, 0.3) is 0 Å². The summed E-state index contributed by atoms with van der Waals surface area (Å²) in [6, 6.07) is 2.15. The van der Waals surface area contributed by atoms with Crippen molar-refractivity contribution < 1.29 is 4.74 Å². The summed E-state index contributed by atoms with van der Waals surface area (Å²) in [7, 11) is 3.89. The van der Waals surface area contributed by atoms with Gasteiger partial charge in [0.2, 0.25) is 0 Å². The molecule has 0 bridgehead atoms. The second-order valence-corrected chi connectivity index (χ2v) is 5.35. The van der Waals surface area contributed by atoms with Gasteiger partial charge in [-0.25, -0.2) is 0 Å². The number of aryl methyl sites for hydroxylation is 1. The molecule has 0 fully saturated rings. The largest absolute Gasteiger partial charge is 0.496 e. The molecule has 0 aromatic heterocycles. The Morgan fingerprint density at radius 2 is 1.83 bits per heavy atom. The van der Waals surface area contributed by atoms with Crippen molar-refractivity contribution in [1.82, 2.24) is 4.90 Å². The van der Waals surface area contributed by atoms with Crippen LogP contribution < -0.4 is 4.74 Å². The molecule has 3 heteroatoms. The molecule has 1 rings (SSSR count). The molecule has 0 atom stereocenters. The molecular weight excluding hydrogens is 242 g/mol. The van der Waals surface area contributed by atoms with Gasteiger partial charge in [0.15, 0.2) is 0 Å². The fraction of sp³-hybridized carbons (Fsp3) is 0.600. The smallest absolute Gasteiger partial charge is 0.122 e. The molecule has 0 heterocycles. The highest BCUT2D eigenvalue weighted by molar-refractivity contribution is 7.80. The van der Waals surface area contributed by atoms with Gasteiger partial charge in [-0.2, -0.15) is 12.6 Å². The first kappa shape index (κ1) is 15.4. The highest BCUT2D eigenvalue weighted by atomic mass is 32.1. The van der Waals surface area contributed by atoms with Gasteiger partial charge >= 0.3 is 0 Å². The van der Waals surface area contributed by atoms with Crippen molar-refractivity contribution in [3.63, 3.8) is 0 Å². The van der Waals surface area contributed by atoms with Crippen molar-refractivity contribution >= 4 is 12.6 Å². The summed E-state index contributed by atoms with van der Waals surface area (Å²) in [6.07, 6.45) is 1.09. The number of hydrogen-bond donors (Lipinski definition) is 1. The van der Waals surface area contributed by atoms with Crippen LogP contribution in [0.4, 0.5) is 0 Å². The van der Waals surface area contributed by atoms with E-state index in [9.17, 15) is 0 Å². The van der Waals surface area contributed by atoms with Crippen molar-refractivity contribution in [2.75, 3.05) is 33.0 Å². The Morgan fingerprint density at radius 1 is 1.17 bits per heavy atom. The van der Waals surface area contributed by atoms with E-state index in [0.29, 0.717) is 0 Å². The molecule has 1 aromatic rings. The van der Waals surface area contributed by atoms with Crippen LogP contribution in [0.3, 0.4) is 0 Å². The van der Waals surface area contributed by atoms with E-state index in [2.05, 4.69) is 51.4 Å². The second kappa shape index (κ2) is 7.05. The molecule has 0 amide bonds. The minimum atomic E-state index is 0.913. The maximum absolute atomic E-state index is 5.41. The third-order valence-corrected chi connectivity index (χ3v) is 3.85. The SMILES string of the molecule is COc1cc(C)c(CCN(C)CCS)c(C)c1C.